The zero-order valence-electron chi connectivity index (χ0n) is 11.2. The minimum Gasteiger partial charge on any atom is -0.468 e. The van der Waals surface area contributed by atoms with Gasteiger partial charge in [-0.25, -0.2) is 0 Å². The van der Waals surface area contributed by atoms with Crippen LogP contribution < -0.4 is 0 Å². The van der Waals surface area contributed by atoms with Crippen LogP contribution >= 0.6 is 7.60 Å². The highest BCUT2D eigenvalue weighted by atomic mass is 31.2. The third-order valence-corrected chi connectivity index (χ3v) is 4.74. The number of hydrogen-bond donors (Lipinski definition) is 0. The van der Waals surface area contributed by atoms with Crippen LogP contribution in [0.1, 0.15) is 33.1 Å². The van der Waals surface area contributed by atoms with Crippen molar-refractivity contribution in [2.75, 3.05) is 20.3 Å². The summed E-state index contributed by atoms with van der Waals surface area (Å²) in [5.74, 6) is 1.89. The summed E-state index contributed by atoms with van der Waals surface area (Å²) in [5.41, 5.74) is -0.907. The fourth-order valence-corrected chi connectivity index (χ4v) is 3.53. The number of carbonyl (C=O) groups excluding carboxylic acids is 1. The minimum absolute atomic E-state index is 0.208. The van der Waals surface area contributed by atoms with Crippen LogP contribution in [0, 0.1) is 12.3 Å². The van der Waals surface area contributed by atoms with E-state index in [4.69, 9.17) is 15.5 Å². The molecule has 0 aliphatic rings. The first-order valence-electron chi connectivity index (χ1n) is 5.95. The first-order valence-corrected chi connectivity index (χ1v) is 7.56. The maximum Gasteiger partial charge on any atom is 0.344 e. The predicted octanol–water partition coefficient (Wildman–Crippen LogP) is 2.60. The Bertz CT molecular complexity index is 324. The predicted molar refractivity (Wildman–Crippen MR) is 69.3 cm³/mol. The van der Waals surface area contributed by atoms with Gasteiger partial charge in [0.2, 0.25) is 0 Å². The Morgan fingerprint density at radius 1 is 1.33 bits per heavy atom. The van der Waals surface area contributed by atoms with Crippen LogP contribution in [0.15, 0.2) is 0 Å². The molecule has 0 aromatic carbocycles. The largest absolute Gasteiger partial charge is 0.468 e. The van der Waals surface area contributed by atoms with Crippen molar-refractivity contribution in [3.63, 3.8) is 0 Å². The number of esters is 1. The Balaban J connectivity index is 4.92. The fraction of sp³-hybridized carbons (Fsp3) is 0.750. The quantitative estimate of drug-likeness (QED) is 0.280. The van der Waals surface area contributed by atoms with E-state index in [2.05, 4.69) is 10.7 Å². The summed E-state index contributed by atoms with van der Waals surface area (Å²) in [6.45, 7) is 3.81. The van der Waals surface area contributed by atoms with Crippen molar-refractivity contribution in [3.8, 4) is 12.3 Å². The van der Waals surface area contributed by atoms with Gasteiger partial charge in [-0.05, 0) is 26.7 Å². The normalized spacial score (nSPS) is 12.8. The molecule has 0 N–H and O–H groups in total. The lowest BCUT2D eigenvalue weighted by molar-refractivity contribution is -0.140. The summed E-state index contributed by atoms with van der Waals surface area (Å²) in [6.07, 6.45) is 6.56. The van der Waals surface area contributed by atoms with Gasteiger partial charge in [0.1, 0.15) is 0 Å². The monoisotopic (exact) mass is 276 g/mol. The number of carbonyl (C=O) groups is 1. The first-order chi connectivity index (χ1) is 8.55. The average molecular weight is 276 g/mol. The first kappa shape index (κ1) is 17.2. The molecule has 0 amide bonds. The highest BCUT2D eigenvalue weighted by molar-refractivity contribution is 7.55. The second kappa shape index (κ2) is 9.16. The molecule has 0 saturated carbocycles. The number of terminal acetylenes is 1. The van der Waals surface area contributed by atoms with Gasteiger partial charge >= 0.3 is 13.6 Å². The van der Waals surface area contributed by atoms with E-state index in [0.29, 0.717) is 19.3 Å². The van der Waals surface area contributed by atoms with Gasteiger partial charge < -0.3 is 13.8 Å². The molecular weight excluding hydrogens is 255 g/mol. The van der Waals surface area contributed by atoms with Gasteiger partial charge in [-0.3, -0.25) is 9.36 Å². The van der Waals surface area contributed by atoms with Gasteiger partial charge in [-0.1, -0.05) is 0 Å². The Hall–Kier alpha value is -0.820. The smallest absolute Gasteiger partial charge is 0.344 e. The van der Waals surface area contributed by atoms with Crippen LogP contribution in [0.4, 0.5) is 0 Å². The van der Waals surface area contributed by atoms with E-state index in [1.54, 1.807) is 13.8 Å². The molecule has 6 heteroatoms. The SMILES string of the molecule is C#CCCCC(C(=O)OC)P(=O)(OCC)OCC. The summed E-state index contributed by atoms with van der Waals surface area (Å²) < 4.78 is 27.5. The van der Waals surface area contributed by atoms with Crippen molar-refractivity contribution in [1.82, 2.24) is 0 Å². The molecule has 0 spiro atoms. The van der Waals surface area contributed by atoms with Crippen LogP contribution in [0.2, 0.25) is 0 Å². The van der Waals surface area contributed by atoms with Crippen LogP contribution in [0.3, 0.4) is 0 Å². The van der Waals surface area contributed by atoms with Crippen LogP contribution in [0.5, 0.6) is 0 Å². The number of ether oxygens (including phenoxy) is 1. The van der Waals surface area contributed by atoms with Gasteiger partial charge in [0, 0.05) is 6.42 Å². The summed E-state index contributed by atoms with van der Waals surface area (Å²) in [7, 11) is -2.24. The summed E-state index contributed by atoms with van der Waals surface area (Å²) >= 11 is 0. The molecule has 104 valence electrons. The molecule has 0 aliphatic heterocycles. The fourth-order valence-electron chi connectivity index (χ4n) is 1.52. The highest BCUT2D eigenvalue weighted by Gasteiger charge is 2.41. The molecule has 0 aromatic rings. The lowest BCUT2D eigenvalue weighted by atomic mass is 10.2. The Labute approximate surface area is 109 Å². The average Bonchev–Trinajstić information content (AvgIpc) is 2.34. The number of rotatable bonds is 9. The van der Waals surface area contributed by atoms with Crippen molar-refractivity contribution in [3.05, 3.63) is 0 Å². The molecule has 0 saturated heterocycles. The molecule has 0 radical (unpaired) electrons. The zero-order valence-corrected chi connectivity index (χ0v) is 12.1. The van der Waals surface area contributed by atoms with Crippen LogP contribution in [-0.2, 0) is 23.1 Å². The van der Waals surface area contributed by atoms with E-state index in [-0.39, 0.29) is 13.2 Å². The van der Waals surface area contributed by atoms with Crippen molar-refractivity contribution in [2.24, 2.45) is 0 Å². The molecule has 0 fully saturated rings. The molecular formula is C12H21O5P. The molecule has 18 heavy (non-hydrogen) atoms. The van der Waals surface area contributed by atoms with E-state index in [9.17, 15) is 9.36 Å². The molecule has 1 atom stereocenters. The Morgan fingerprint density at radius 3 is 2.28 bits per heavy atom. The summed E-state index contributed by atoms with van der Waals surface area (Å²) in [4.78, 5) is 11.7. The Morgan fingerprint density at radius 2 is 1.89 bits per heavy atom. The maximum absolute atomic E-state index is 12.5. The standard InChI is InChI=1S/C12H21O5P/c1-5-8-9-10-11(12(13)15-4)18(14,16-6-2)17-7-3/h1,11H,6-10H2,2-4H3. The Kier molecular flexibility index (Phi) is 8.74. The summed E-state index contributed by atoms with van der Waals surface area (Å²) in [6, 6.07) is 0. The van der Waals surface area contributed by atoms with Crippen molar-refractivity contribution >= 4 is 13.6 Å². The van der Waals surface area contributed by atoms with E-state index in [1.807, 2.05) is 0 Å². The van der Waals surface area contributed by atoms with Crippen molar-refractivity contribution in [1.29, 1.82) is 0 Å². The van der Waals surface area contributed by atoms with Gasteiger partial charge in [-0.2, -0.15) is 0 Å². The van der Waals surface area contributed by atoms with Crippen molar-refractivity contribution in [2.45, 2.75) is 38.8 Å². The number of methoxy groups -OCH3 is 1. The lowest BCUT2D eigenvalue weighted by Gasteiger charge is -2.24. The molecule has 5 nitrogen and oxygen atoms in total. The highest BCUT2D eigenvalue weighted by Crippen LogP contribution is 2.54. The topological polar surface area (TPSA) is 61.8 Å². The molecule has 0 rings (SSSR count). The minimum atomic E-state index is -3.49. The van der Waals surface area contributed by atoms with Gasteiger partial charge in [0.05, 0.1) is 20.3 Å². The third-order valence-electron chi connectivity index (χ3n) is 2.27. The van der Waals surface area contributed by atoms with Gasteiger partial charge in [-0.15, -0.1) is 12.3 Å². The van der Waals surface area contributed by atoms with Crippen LogP contribution in [0.25, 0.3) is 0 Å². The van der Waals surface area contributed by atoms with Crippen molar-refractivity contribution < 1.29 is 23.1 Å². The number of unbranched alkanes of at least 4 members (excludes halogenated alkanes) is 1. The van der Waals surface area contributed by atoms with Gasteiger partial charge in [0.25, 0.3) is 0 Å². The molecule has 1 unspecified atom stereocenters. The zero-order chi connectivity index (χ0) is 14.0. The van der Waals surface area contributed by atoms with Crippen LogP contribution in [-0.4, -0.2) is 32.0 Å². The number of hydrogen-bond acceptors (Lipinski definition) is 5. The molecule has 0 bridgehead atoms. The van der Waals surface area contributed by atoms with E-state index in [1.165, 1.54) is 7.11 Å². The lowest BCUT2D eigenvalue weighted by Crippen LogP contribution is -2.25. The molecule has 0 aromatic heterocycles. The summed E-state index contributed by atoms with van der Waals surface area (Å²) in [5, 5.41) is 0. The second-order valence-electron chi connectivity index (χ2n) is 3.51. The molecule has 0 heterocycles. The second-order valence-corrected chi connectivity index (χ2v) is 5.73. The maximum atomic E-state index is 12.5. The third kappa shape index (κ3) is 5.22. The van der Waals surface area contributed by atoms with Gasteiger partial charge in [0.15, 0.2) is 5.66 Å². The molecule has 0 aliphatic carbocycles. The van der Waals surface area contributed by atoms with E-state index in [0.717, 1.165) is 0 Å². The van der Waals surface area contributed by atoms with E-state index < -0.39 is 19.2 Å². The van der Waals surface area contributed by atoms with E-state index >= 15 is 0 Å².